The molecule has 1 aromatic carbocycles. The van der Waals surface area contributed by atoms with Gasteiger partial charge >= 0.3 is 0 Å². The molecule has 1 aliphatic rings. The molecule has 0 aliphatic carbocycles. The van der Waals surface area contributed by atoms with Crippen molar-refractivity contribution >= 4 is 0 Å². The second kappa shape index (κ2) is 5.55. The number of H-pyrrole nitrogens is 1. The quantitative estimate of drug-likeness (QED) is 0.883. The molecule has 2 aromatic rings. The highest BCUT2D eigenvalue weighted by molar-refractivity contribution is 5.18. The number of likely N-dealkylation sites (tertiary alicyclic amines) is 1. The van der Waals surface area contributed by atoms with Gasteiger partial charge in [-0.05, 0) is 31.0 Å². The number of aliphatic hydroxyl groups excluding tert-OH is 1. The number of nitrogens with one attached hydrogen (secondary N) is 1. The van der Waals surface area contributed by atoms with E-state index in [9.17, 15) is 5.11 Å². The lowest BCUT2D eigenvalue weighted by Gasteiger charge is -2.26. The molecule has 1 saturated heterocycles. The molecule has 2 heterocycles. The average Bonchev–Trinajstić information content (AvgIpc) is 3.10. The van der Waals surface area contributed by atoms with Crippen LogP contribution < -0.4 is 0 Å². The number of hydrogen-bond acceptors (Lipinski definition) is 3. The molecule has 100 valence electrons. The molecule has 1 fully saturated rings. The lowest BCUT2D eigenvalue weighted by molar-refractivity contribution is 0.105. The van der Waals surface area contributed by atoms with E-state index >= 15 is 0 Å². The predicted octanol–water partition coefficient (Wildman–Crippen LogP) is 2.28. The molecule has 1 aromatic heterocycles. The van der Waals surface area contributed by atoms with E-state index in [1.165, 1.54) is 6.42 Å². The van der Waals surface area contributed by atoms with E-state index < -0.39 is 6.10 Å². The fourth-order valence-electron chi connectivity index (χ4n) is 2.85. The first-order valence-corrected chi connectivity index (χ1v) is 6.81. The van der Waals surface area contributed by atoms with E-state index in [-0.39, 0.29) is 0 Å². The Kier molecular flexibility index (Phi) is 3.62. The molecule has 2 atom stereocenters. The Labute approximate surface area is 113 Å². The Morgan fingerprint density at radius 2 is 2.16 bits per heavy atom. The first kappa shape index (κ1) is 12.4. The van der Waals surface area contributed by atoms with Gasteiger partial charge in [0.1, 0.15) is 0 Å². The van der Waals surface area contributed by atoms with Crippen LogP contribution in [0.3, 0.4) is 0 Å². The van der Waals surface area contributed by atoms with Crippen LogP contribution in [0.4, 0.5) is 0 Å². The molecule has 0 spiro atoms. The SMILES string of the molecule is O[C@H](CN1CCC[C@H]1c1ccn[nH]1)c1ccccc1. The summed E-state index contributed by atoms with van der Waals surface area (Å²) in [6.45, 7) is 1.71. The summed E-state index contributed by atoms with van der Waals surface area (Å²) in [6.07, 6.45) is 3.67. The van der Waals surface area contributed by atoms with Crippen LogP contribution in [0.2, 0.25) is 0 Å². The molecule has 4 heteroatoms. The van der Waals surface area contributed by atoms with Crippen LogP contribution in [0.15, 0.2) is 42.6 Å². The maximum Gasteiger partial charge on any atom is 0.0917 e. The first-order valence-electron chi connectivity index (χ1n) is 6.81. The van der Waals surface area contributed by atoms with Crippen molar-refractivity contribution in [2.24, 2.45) is 0 Å². The molecule has 0 radical (unpaired) electrons. The van der Waals surface area contributed by atoms with Crippen LogP contribution in [0.5, 0.6) is 0 Å². The van der Waals surface area contributed by atoms with Gasteiger partial charge in [-0.1, -0.05) is 30.3 Å². The fourth-order valence-corrected chi connectivity index (χ4v) is 2.85. The Morgan fingerprint density at radius 1 is 1.32 bits per heavy atom. The number of nitrogens with zero attached hydrogens (tertiary/aromatic N) is 2. The van der Waals surface area contributed by atoms with Crippen molar-refractivity contribution in [2.75, 3.05) is 13.1 Å². The van der Waals surface area contributed by atoms with E-state index in [0.717, 1.165) is 24.2 Å². The summed E-state index contributed by atoms with van der Waals surface area (Å²) < 4.78 is 0. The molecule has 3 rings (SSSR count). The summed E-state index contributed by atoms with van der Waals surface area (Å²) in [5, 5.41) is 17.4. The number of hydrogen-bond donors (Lipinski definition) is 2. The standard InChI is InChI=1S/C15H19N3O/c19-15(12-5-2-1-3-6-12)11-18-10-4-7-14(18)13-8-9-16-17-13/h1-3,5-6,8-9,14-15,19H,4,7,10-11H2,(H,16,17)/t14-,15+/m0/s1. The van der Waals surface area contributed by atoms with Crippen LogP contribution in [-0.4, -0.2) is 33.3 Å². The van der Waals surface area contributed by atoms with Crippen molar-refractivity contribution in [3.8, 4) is 0 Å². The molecule has 0 bridgehead atoms. The van der Waals surface area contributed by atoms with Gasteiger partial charge in [0, 0.05) is 12.7 Å². The third-order valence-electron chi connectivity index (χ3n) is 3.84. The number of aromatic nitrogens is 2. The van der Waals surface area contributed by atoms with Gasteiger partial charge in [0.25, 0.3) is 0 Å². The second-order valence-corrected chi connectivity index (χ2v) is 5.09. The van der Waals surface area contributed by atoms with Crippen molar-refractivity contribution in [1.82, 2.24) is 15.1 Å². The van der Waals surface area contributed by atoms with Crippen LogP contribution >= 0.6 is 0 Å². The molecule has 0 saturated carbocycles. The smallest absolute Gasteiger partial charge is 0.0917 e. The summed E-state index contributed by atoms with van der Waals surface area (Å²) >= 11 is 0. The zero-order valence-corrected chi connectivity index (χ0v) is 10.9. The molecule has 0 unspecified atom stereocenters. The Hall–Kier alpha value is -1.65. The second-order valence-electron chi connectivity index (χ2n) is 5.09. The van der Waals surface area contributed by atoms with Gasteiger partial charge in [0.05, 0.1) is 17.8 Å². The van der Waals surface area contributed by atoms with Crippen LogP contribution in [-0.2, 0) is 0 Å². The lowest BCUT2D eigenvalue weighted by atomic mass is 10.1. The summed E-state index contributed by atoms with van der Waals surface area (Å²) in [7, 11) is 0. The maximum absolute atomic E-state index is 10.3. The Morgan fingerprint density at radius 3 is 2.89 bits per heavy atom. The van der Waals surface area contributed by atoms with Gasteiger partial charge < -0.3 is 5.11 Å². The lowest BCUT2D eigenvalue weighted by Crippen LogP contribution is -2.28. The number of β-amino-alcohol motifs (C(OH)–C–C–N with tert-alkyl or cyclic N) is 1. The van der Waals surface area contributed by atoms with Gasteiger partial charge in [-0.2, -0.15) is 5.10 Å². The van der Waals surface area contributed by atoms with E-state index in [0.29, 0.717) is 12.6 Å². The van der Waals surface area contributed by atoms with Gasteiger partial charge in [0.2, 0.25) is 0 Å². The zero-order chi connectivity index (χ0) is 13.1. The Bertz CT molecular complexity index is 497. The maximum atomic E-state index is 10.3. The van der Waals surface area contributed by atoms with Crippen LogP contribution in [0.1, 0.15) is 36.2 Å². The fraction of sp³-hybridized carbons (Fsp3) is 0.400. The number of rotatable bonds is 4. The third-order valence-corrected chi connectivity index (χ3v) is 3.84. The van der Waals surface area contributed by atoms with Crippen molar-refractivity contribution in [3.05, 3.63) is 53.9 Å². The van der Waals surface area contributed by atoms with Crippen molar-refractivity contribution in [2.45, 2.75) is 25.0 Å². The zero-order valence-electron chi connectivity index (χ0n) is 10.9. The van der Waals surface area contributed by atoms with Crippen molar-refractivity contribution in [3.63, 3.8) is 0 Å². The summed E-state index contributed by atoms with van der Waals surface area (Å²) in [5.74, 6) is 0. The van der Waals surface area contributed by atoms with Gasteiger partial charge in [0.15, 0.2) is 0 Å². The van der Waals surface area contributed by atoms with Crippen LogP contribution in [0.25, 0.3) is 0 Å². The number of aliphatic hydroxyl groups is 1. The highest BCUT2D eigenvalue weighted by atomic mass is 16.3. The van der Waals surface area contributed by atoms with Gasteiger partial charge in [-0.3, -0.25) is 10.00 Å². The normalized spacial score (nSPS) is 21.6. The third kappa shape index (κ3) is 2.69. The molecular formula is C15H19N3O. The highest BCUT2D eigenvalue weighted by Gasteiger charge is 2.28. The minimum absolute atomic E-state index is 0.362. The summed E-state index contributed by atoms with van der Waals surface area (Å²) in [5.41, 5.74) is 2.13. The molecular weight excluding hydrogens is 238 g/mol. The predicted molar refractivity (Wildman–Crippen MR) is 73.5 cm³/mol. The minimum atomic E-state index is -0.426. The highest BCUT2D eigenvalue weighted by Crippen LogP contribution is 2.32. The van der Waals surface area contributed by atoms with Crippen molar-refractivity contribution in [1.29, 1.82) is 0 Å². The van der Waals surface area contributed by atoms with E-state index in [1.54, 1.807) is 6.20 Å². The first-order chi connectivity index (χ1) is 9.34. The number of aromatic amines is 1. The molecule has 2 N–H and O–H groups in total. The Balaban J connectivity index is 1.69. The van der Waals surface area contributed by atoms with E-state index in [4.69, 9.17) is 0 Å². The van der Waals surface area contributed by atoms with Crippen molar-refractivity contribution < 1.29 is 5.11 Å². The van der Waals surface area contributed by atoms with E-state index in [1.807, 2.05) is 36.4 Å². The minimum Gasteiger partial charge on any atom is -0.387 e. The molecule has 19 heavy (non-hydrogen) atoms. The number of benzene rings is 1. The molecule has 1 aliphatic heterocycles. The molecule has 0 amide bonds. The van der Waals surface area contributed by atoms with Gasteiger partial charge in [-0.15, -0.1) is 0 Å². The largest absolute Gasteiger partial charge is 0.387 e. The van der Waals surface area contributed by atoms with Crippen LogP contribution in [0, 0.1) is 0 Å². The van der Waals surface area contributed by atoms with E-state index in [2.05, 4.69) is 15.1 Å². The summed E-state index contributed by atoms with van der Waals surface area (Å²) in [4.78, 5) is 2.34. The van der Waals surface area contributed by atoms with Gasteiger partial charge in [-0.25, -0.2) is 0 Å². The molecule has 4 nitrogen and oxygen atoms in total. The monoisotopic (exact) mass is 257 g/mol. The topological polar surface area (TPSA) is 52.1 Å². The summed E-state index contributed by atoms with van der Waals surface area (Å²) in [6, 6.07) is 12.2. The average molecular weight is 257 g/mol.